The van der Waals surface area contributed by atoms with Crippen LogP contribution < -0.4 is 11.3 Å². The first-order valence-electron chi connectivity index (χ1n) is 5.62. The maximum Gasteiger partial charge on any atom is 0.261 e. The topological polar surface area (TPSA) is 76.7 Å². The van der Waals surface area contributed by atoms with Gasteiger partial charge in [0.2, 0.25) is 5.95 Å². The van der Waals surface area contributed by atoms with Crippen LogP contribution in [0.5, 0.6) is 0 Å². The number of aromatic nitrogens is 3. The Bertz CT molecular complexity index is 743. The van der Waals surface area contributed by atoms with E-state index in [0.717, 1.165) is 5.56 Å². The standard InChI is InChI=1S/C13H12N4O/c14-13-15-11-10(12(18)16-13)6-7-17(11)8-9-4-2-1-3-5-9/h1-7H,8H2,(H3,14,15,16,18). The molecule has 0 aliphatic rings. The van der Waals surface area contributed by atoms with E-state index in [1.165, 1.54) is 0 Å². The first kappa shape index (κ1) is 10.6. The molecule has 3 aromatic rings. The lowest BCUT2D eigenvalue weighted by molar-refractivity contribution is 0.824. The van der Waals surface area contributed by atoms with Crippen LogP contribution >= 0.6 is 0 Å². The molecule has 0 bridgehead atoms. The zero-order valence-corrected chi connectivity index (χ0v) is 9.63. The van der Waals surface area contributed by atoms with E-state index in [1.807, 2.05) is 41.1 Å². The molecule has 18 heavy (non-hydrogen) atoms. The minimum absolute atomic E-state index is 0.139. The van der Waals surface area contributed by atoms with Crippen molar-refractivity contribution in [1.29, 1.82) is 0 Å². The molecule has 0 saturated heterocycles. The van der Waals surface area contributed by atoms with Crippen LogP contribution in [0.1, 0.15) is 5.56 Å². The molecule has 0 saturated carbocycles. The van der Waals surface area contributed by atoms with Crippen molar-refractivity contribution in [3.05, 3.63) is 58.5 Å². The minimum atomic E-state index is -0.204. The minimum Gasteiger partial charge on any atom is -0.369 e. The van der Waals surface area contributed by atoms with Gasteiger partial charge in [-0.25, -0.2) is 0 Å². The number of anilines is 1. The molecule has 90 valence electrons. The van der Waals surface area contributed by atoms with E-state index >= 15 is 0 Å². The van der Waals surface area contributed by atoms with Crippen LogP contribution in [0.25, 0.3) is 11.0 Å². The van der Waals surface area contributed by atoms with Crippen LogP contribution in [-0.4, -0.2) is 14.5 Å². The summed E-state index contributed by atoms with van der Waals surface area (Å²) >= 11 is 0. The average molecular weight is 240 g/mol. The lowest BCUT2D eigenvalue weighted by atomic mass is 10.2. The van der Waals surface area contributed by atoms with Gasteiger partial charge in [-0.05, 0) is 11.6 Å². The Morgan fingerprint density at radius 2 is 2.00 bits per heavy atom. The predicted octanol–water partition coefficient (Wildman–Crippen LogP) is 1.36. The maximum atomic E-state index is 11.7. The number of H-pyrrole nitrogens is 1. The molecule has 0 unspecified atom stereocenters. The molecule has 3 N–H and O–H groups in total. The van der Waals surface area contributed by atoms with Crippen molar-refractivity contribution in [2.45, 2.75) is 6.54 Å². The van der Waals surface area contributed by atoms with Gasteiger partial charge < -0.3 is 10.3 Å². The predicted molar refractivity (Wildman–Crippen MR) is 70.3 cm³/mol. The molecule has 0 radical (unpaired) electrons. The average Bonchev–Trinajstić information content (AvgIpc) is 2.74. The van der Waals surface area contributed by atoms with Crippen molar-refractivity contribution in [3.63, 3.8) is 0 Å². The quantitative estimate of drug-likeness (QED) is 0.710. The third kappa shape index (κ3) is 1.75. The molecular formula is C13H12N4O. The molecule has 1 aromatic carbocycles. The van der Waals surface area contributed by atoms with E-state index in [0.29, 0.717) is 17.6 Å². The van der Waals surface area contributed by atoms with E-state index in [4.69, 9.17) is 5.73 Å². The normalized spacial score (nSPS) is 10.9. The number of nitrogen functional groups attached to an aromatic ring is 1. The third-order valence-electron chi connectivity index (χ3n) is 2.84. The van der Waals surface area contributed by atoms with Gasteiger partial charge in [0, 0.05) is 12.7 Å². The van der Waals surface area contributed by atoms with Gasteiger partial charge >= 0.3 is 0 Å². The second-order valence-electron chi connectivity index (χ2n) is 4.12. The molecule has 0 fully saturated rings. The molecule has 5 nitrogen and oxygen atoms in total. The zero-order chi connectivity index (χ0) is 12.5. The van der Waals surface area contributed by atoms with Crippen LogP contribution in [0.4, 0.5) is 5.95 Å². The number of hydrogen-bond acceptors (Lipinski definition) is 3. The number of rotatable bonds is 2. The van der Waals surface area contributed by atoms with Gasteiger partial charge in [-0.2, -0.15) is 4.98 Å². The molecule has 3 rings (SSSR count). The molecule has 0 spiro atoms. The molecule has 0 amide bonds. The van der Waals surface area contributed by atoms with Crippen molar-refractivity contribution in [3.8, 4) is 0 Å². The maximum absolute atomic E-state index is 11.7. The van der Waals surface area contributed by atoms with Gasteiger partial charge in [-0.3, -0.25) is 9.78 Å². The summed E-state index contributed by atoms with van der Waals surface area (Å²) in [6, 6.07) is 11.7. The van der Waals surface area contributed by atoms with Crippen molar-refractivity contribution >= 4 is 17.0 Å². The smallest absolute Gasteiger partial charge is 0.261 e. The van der Waals surface area contributed by atoms with E-state index in [1.54, 1.807) is 6.07 Å². The second-order valence-corrected chi connectivity index (χ2v) is 4.12. The van der Waals surface area contributed by atoms with Crippen LogP contribution in [0, 0.1) is 0 Å². The fourth-order valence-corrected chi connectivity index (χ4v) is 2.00. The molecular weight excluding hydrogens is 228 g/mol. The zero-order valence-electron chi connectivity index (χ0n) is 9.63. The number of nitrogens with one attached hydrogen (secondary N) is 1. The number of nitrogens with zero attached hydrogens (tertiary/aromatic N) is 2. The summed E-state index contributed by atoms with van der Waals surface area (Å²) in [4.78, 5) is 18.3. The van der Waals surface area contributed by atoms with Gasteiger partial charge in [0.05, 0.1) is 5.39 Å². The van der Waals surface area contributed by atoms with Gasteiger partial charge in [0.15, 0.2) is 0 Å². The second kappa shape index (κ2) is 4.03. The van der Waals surface area contributed by atoms with E-state index in [-0.39, 0.29) is 11.5 Å². The molecule has 2 aromatic heterocycles. The van der Waals surface area contributed by atoms with Gasteiger partial charge in [0.1, 0.15) is 5.65 Å². The summed E-state index contributed by atoms with van der Waals surface area (Å²) in [5.41, 5.74) is 7.12. The number of fused-ring (bicyclic) bond motifs is 1. The molecule has 5 heteroatoms. The highest BCUT2D eigenvalue weighted by molar-refractivity contribution is 5.76. The van der Waals surface area contributed by atoms with E-state index < -0.39 is 0 Å². The molecule has 2 heterocycles. The van der Waals surface area contributed by atoms with Crippen LogP contribution in [0.3, 0.4) is 0 Å². The summed E-state index contributed by atoms with van der Waals surface area (Å²) in [6.07, 6.45) is 1.85. The van der Waals surface area contributed by atoms with Gasteiger partial charge in [0.25, 0.3) is 5.56 Å². The lowest BCUT2D eigenvalue weighted by Crippen LogP contribution is -2.11. The number of hydrogen-bond donors (Lipinski definition) is 2. The Labute approximate surface area is 103 Å². The highest BCUT2D eigenvalue weighted by atomic mass is 16.1. The highest BCUT2D eigenvalue weighted by Gasteiger charge is 2.07. The number of nitrogens with two attached hydrogens (primary N) is 1. The van der Waals surface area contributed by atoms with E-state index in [9.17, 15) is 4.79 Å². The Morgan fingerprint density at radius 1 is 1.22 bits per heavy atom. The first-order chi connectivity index (χ1) is 8.74. The Hall–Kier alpha value is -2.56. The van der Waals surface area contributed by atoms with Crippen LogP contribution in [0.2, 0.25) is 0 Å². The molecule has 0 aliphatic heterocycles. The summed E-state index contributed by atoms with van der Waals surface area (Å²) < 4.78 is 1.91. The molecule has 0 aliphatic carbocycles. The Kier molecular flexibility index (Phi) is 2.37. The SMILES string of the molecule is Nc1nc2c(ccn2Cc2ccccc2)c(=O)[nH]1. The van der Waals surface area contributed by atoms with Crippen molar-refractivity contribution in [2.75, 3.05) is 5.73 Å². The van der Waals surface area contributed by atoms with Crippen molar-refractivity contribution in [2.24, 2.45) is 0 Å². The summed E-state index contributed by atoms with van der Waals surface area (Å²) in [6.45, 7) is 0.667. The lowest BCUT2D eigenvalue weighted by Gasteiger charge is -2.04. The van der Waals surface area contributed by atoms with E-state index in [2.05, 4.69) is 9.97 Å². The van der Waals surface area contributed by atoms with Crippen LogP contribution in [0.15, 0.2) is 47.4 Å². The fraction of sp³-hybridized carbons (Fsp3) is 0.0769. The van der Waals surface area contributed by atoms with Gasteiger partial charge in [-0.15, -0.1) is 0 Å². The third-order valence-corrected chi connectivity index (χ3v) is 2.84. The Balaban J connectivity index is 2.11. The van der Waals surface area contributed by atoms with Crippen molar-refractivity contribution in [1.82, 2.24) is 14.5 Å². The monoisotopic (exact) mass is 240 g/mol. The number of benzene rings is 1. The summed E-state index contributed by atoms with van der Waals surface area (Å²) in [7, 11) is 0. The van der Waals surface area contributed by atoms with Crippen molar-refractivity contribution < 1.29 is 0 Å². The largest absolute Gasteiger partial charge is 0.369 e. The summed E-state index contributed by atoms with van der Waals surface area (Å²) in [5.74, 6) is 0.139. The Morgan fingerprint density at radius 3 is 2.78 bits per heavy atom. The van der Waals surface area contributed by atoms with Gasteiger partial charge in [-0.1, -0.05) is 30.3 Å². The van der Waals surface area contributed by atoms with Crippen LogP contribution in [-0.2, 0) is 6.54 Å². The fourth-order valence-electron chi connectivity index (χ4n) is 2.00. The first-order valence-corrected chi connectivity index (χ1v) is 5.62. The molecule has 0 atom stereocenters. The highest BCUT2D eigenvalue weighted by Crippen LogP contribution is 2.12. The summed E-state index contributed by atoms with van der Waals surface area (Å²) in [5, 5.41) is 0.556. The number of aromatic amines is 1.